The summed E-state index contributed by atoms with van der Waals surface area (Å²) in [5, 5.41) is 0. The molecule has 118 valence electrons. The van der Waals surface area contributed by atoms with Crippen LogP contribution in [0.1, 0.15) is 11.3 Å². The molecular formula is C21H13N3O. The van der Waals surface area contributed by atoms with E-state index >= 15 is 0 Å². The maximum atomic E-state index is 5.90. The largest absolute Gasteiger partial charge is 0.437 e. The van der Waals surface area contributed by atoms with Gasteiger partial charge < -0.3 is 4.74 Å². The number of benzene rings is 2. The first-order valence-corrected chi connectivity index (χ1v) is 7.81. The molecule has 0 bridgehead atoms. The Hall–Kier alpha value is -3.71. The van der Waals surface area contributed by atoms with Crippen LogP contribution in [0, 0.1) is 11.8 Å². The maximum Gasteiger partial charge on any atom is 0.255 e. The van der Waals surface area contributed by atoms with Crippen LogP contribution in [0.2, 0.25) is 0 Å². The van der Waals surface area contributed by atoms with E-state index in [2.05, 4.69) is 26.8 Å². The molecule has 4 nitrogen and oxygen atoms in total. The Bertz CT molecular complexity index is 1070. The van der Waals surface area contributed by atoms with Crippen LogP contribution in [-0.4, -0.2) is 15.0 Å². The van der Waals surface area contributed by atoms with Crippen molar-refractivity contribution in [2.24, 2.45) is 0 Å². The molecule has 4 heteroatoms. The summed E-state index contributed by atoms with van der Waals surface area (Å²) in [5.74, 6) is 7.20. The second kappa shape index (κ2) is 6.81. The predicted molar refractivity (Wildman–Crippen MR) is 96.3 cm³/mol. The Kier molecular flexibility index (Phi) is 4.05. The standard InChI is InChI=1S/C21H13N3O/c1-3-8-16(9-4-1)13-14-19-21(25-17-10-5-2-6-11-17)24-18-12-7-15-22-20(18)23-19/h1-12,15H. The van der Waals surface area contributed by atoms with Crippen LogP contribution in [-0.2, 0) is 0 Å². The van der Waals surface area contributed by atoms with E-state index in [1.54, 1.807) is 6.20 Å². The van der Waals surface area contributed by atoms with Gasteiger partial charge in [-0.2, -0.15) is 0 Å². The summed E-state index contributed by atoms with van der Waals surface area (Å²) in [6.07, 6.45) is 1.68. The van der Waals surface area contributed by atoms with Crippen LogP contribution in [0.15, 0.2) is 79.0 Å². The highest BCUT2D eigenvalue weighted by molar-refractivity contribution is 5.71. The molecule has 0 atom stereocenters. The van der Waals surface area contributed by atoms with Crippen molar-refractivity contribution in [2.45, 2.75) is 0 Å². The summed E-state index contributed by atoms with van der Waals surface area (Å²) >= 11 is 0. The quantitative estimate of drug-likeness (QED) is 0.518. The van der Waals surface area contributed by atoms with E-state index in [4.69, 9.17) is 4.74 Å². The SMILES string of the molecule is C(#Cc1nc2ncccc2nc1Oc1ccccc1)c1ccccc1. The lowest BCUT2D eigenvalue weighted by Gasteiger charge is -2.07. The first-order chi connectivity index (χ1) is 12.4. The van der Waals surface area contributed by atoms with Crippen molar-refractivity contribution in [1.29, 1.82) is 0 Å². The lowest BCUT2D eigenvalue weighted by atomic mass is 10.2. The molecule has 0 fully saturated rings. The van der Waals surface area contributed by atoms with Crippen molar-refractivity contribution in [3.63, 3.8) is 0 Å². The van der Waals surface area contributed by atoms with Gasteiger partial charge in [-0.3, -0.25) is 0 Å². The van der Waals surface area contributed by atoms with E-state index in [1.165, 1.54) is 0 Å². The fourth-order valence-corrected chi connectivity index (χ4v) is 2.28. The zero-order chi connectivity index (χ0) is 16.9. The molecule has 2 aromatic carbocycles. The van der Waals surface area contributed by atoms with Crippen molar-refractivity contribution < 1.29 is 4.74 Å². The number of pyridine rings is 1. The summed E-state index contributed by atoms with van der Waals surface area (Å²) in [4.78, 5) is 13.3. The van der Waals surface area contributed by atoms with Gasteiger partial charge >= 0.3 is 0 Å². The van der Waals surface area contributed by atoms with Crippen molar-refractivity contribution in [1.82, 2.24) is 15.0 Å². The molecular weight excluding hydrogens is 310 g/mol. The molecule has 0 aliphatic rings. The topological polar surface area (TPSA) is 47.9 Å². The smallest absolute Gasteiger partial charge is 0.255 e. The molecule has 4 rings (SSSR count). The fourth-order valence-electron chi connectivity index (χ4n) is 2.28. The van der Waals surface area contributed by atoms with E-state index in [1.807, 2.05) is 72.8 Å². The van der Waals surface area contributed by atoms with Gasteiger partial charge in [0.2, 0.25) is 0 Å². The Morgan fingerprint density at radius 3 is 2.28 bits per heavy atom. The van der Waals surface area contributed by atoms with Crippen molar-refractivity contribution in [2.75, 3.05) is 0 Å². The van der Waals surface area contributed by atoms with Gasteiger partial charge in [-0.05, 0) is 42.3 Å². The number of hydrogen-bond acceptors (Lipinski definition) is 4. The molecule has 2 aromatic heterocycles. The lowest BCUT2D eigenvalue weighted by Crippen LogP contribution is -1.97. The minimum atomic E-state index is 0.370. The van der Waals surface area contributed by atoms with Gasteiger partial charge in [0.1, 0.15) is 11.3 Å². The first kappa shape index (κ1) is 14.9. The highest BCUT2D eigenvalue weighted by Crippen LogP contribution is 2.23. The Labute approximate surface area is 145 Å². The molecule has 0 saturated carbocycles. The molecule has 0 aliphatic heterocycles. The minimum Gasteiger partial charge on any atom is -0.437 e. The Morgan fingerprint density at radius 2 is 1.48 bits per heavy atom. The average molecular weight is 323 g/mol. The third kappa shape index (κ3) is 3.46. The summed E-state index contributed by atoms with van der Waals surface area (Å²) < 4.78 is 5.90. The molecule has 0 spiro atoms. The van der Waals surface area contributed by atoms with E-state index in [-0.39, 0.29) is 0 Å². The van der Waals surface area contributed by atoms with Gasteiger partial charge in [-0.1, -0.05) is 42.3 Å². The molecule has 0 saturated heterocycles. The van der Waals surface area contributed by atoms with Crippen LogP contribution in [0.5, 0.6) is 11.6 Å². The Balaban J connectivity index is 1.80. The number of para-hydroxylation sites is 1. The number of hydrogen-bond donors (Lipinski definition) is 0. The summed E-state index contributed by atoms with van der Waals surface area (Å²) in [7, 11) is 0. The molecule has 0 amide bonds. The molecule has 4 aromatic rings. The van der Waals surface area contributed by atoms with Gasteiger partial charge in [-0.25, -0.2) is 15.0 Å². The predicted octanol–water partition coefficient (Wildman–Crippen LogP) is 4.22. The van der Waals surface area contributed by atoms with Crippen molar-refractivity contribution in [3.05, 3.63) is 90.3 Å². The zero-order valence-electron chi connectivity index (χ0n) is 13.3. The van der Waals surface area contributed by atoms with Gasteiger partial charge in [0, 0.05) is 11.8 Å². The van der Waals surface area contributed by atoms with E-state index < -0.39 is 0 Å². The fraction of sp³-hybridized carbons (Fsp3) is 0. The van der Waals surface area contributed by atoms with Crippen molar-refractivity contribution >= 4 is 11.2 Å². The first-order valence-electron chi connectivity index (χ1n) is 7.81. The second-order valence-corrected chi connectivity index (χ2v) is 5.25. The summed E-state index contributed by atoms with van der Waals surface area (Å²) in [5.41, 5.74) is 2.56. The molecule has 0 aliphatic carbocycles. The van der Waals surface area contributed by atoms with Crippen molar-refractivity contribution in [3.8, 4) is 23.5 Å². The number of fused-ring (bicyclic) bond motifs is 1. The van der Waals surface area contributed by atoms with Gasteiger partial charge in [-0.15, -0.1) is 0 Å². The van der Waals surface area contributed by atoms with E-state index in [0.717, 1.165) is 5.56 Å². The zero-order valence-corrected chi connectivity index (χ0v) is 13.3. The molecule has 0 unspecified atom stereocenters. The highest BCUT2D eigenvalue weighted by Gasteiger charge is 2.10. The van der Waals surface area contributed by atoms with Gasteiger partial charge in [0.15, 0.2) is 11.3 Å². The molecule has 25 heavy (non-hydrogen) atoms. The third-order valence-corrected chi connectivity index (χ3v) is 3.47. The van der Waals surface area contributed by atoms with E-state index in [0.29, 0.717) is 28.5 Å². The van der Waals surface area contributed by atoms with Crippen LogP contribution >= 0.6 is 0 Å². The number of nitrogens with zero attached hydrogens (tertiary/aromatic N) is 3. The highest BCUT2D eigenvalue weighted by atomic mass is 16.5. The summed E-state index contributed by atoms with van der Waals surface area (Å²) in [6, 6.07) is 22.9. The minimum absolute atomic E-state index is 0.370. The number of rotatable bonds is 2. The monoisotopic (exact) mass is 323 g/mol. The molecule has 2 heterocycles. The van der Waals surface area contributed by atoms with Crippen LogP contribution in [0.25, 0.3) is 11.2 Å². The summed E-state index contributed by atoms with van der Waals surface area (Å²) in [6.45, 7) is 0. The van der Waals surface area contributed by atoms with E-state index in [9.17, 15) is 0 Å². The second-order valence-electron chi connectivity index (χ2n) is 5.25. The molecule has 0 N–H and O–H groups in total. The van der Waals surface area contributed by atoms with Crippen LogP contribution in [0.4, 0.5) is 0 Å². The lowest BCUT2D eigenvalue weighted by molar-refractivity contribution is 0.461. The third-order valence-electron chi connectivity index (χ3n) is 3.47. The van der Waals surface area contributed by atoms with Crippen LogP contribution < -0.4 is 4.74 Å². The van der Waals surface area contributed by atoms with Gasteiger partial charge in [0.05, 0.1) is 0 Å². The maximum absolute atomic E-state index is 5.90. The number of ether oxygens (including phenoxy) is 1. The normalized spacial score (nSPS) is 10.1. The molecule has 0 radical (unpaired) electrons. The Morgan fingerprint density at radius 1 is 0.720 bits per heavy atom. The average Bonchev–Trinajstić information content (AvgIpc) is 2.68. The van der Waals surface area contributed by atoms with Gasteiger partial charge in [0.25, 0.3) is 5.88 Å². The number of aromatic nitrogens is 3. The van der Waals surface area contributed by atoms with Crippen LogP contribution in [0.3, 0.4) is 0 Å².